The third kappa shape index (κ3) is 4.59. The van der Waals surface area contributed by atoms with Crippen LogP contribution in [-0.2, 0) is 17.9 Å². The fourth-order valence-corrected chi connectivity index (χ4v) is 3.41. The van der Waals surface area contributed by atoms with Gasteiger partial charge in [-0.2, -0.15) is 5.10 Å². The first-order chi connectivity index (χ1) is 17.0. The van der Waals surface area contributed by atoms with Gasteiger partial charge in [-0.25, -0.2) is 13.9 Å². The van der Waals surface area contributed by atoms with Crippen LogP contribution >= 0.6 is 0 Å². The quantitative estimate of drug-likeness (QED) is 0.370. The summed E-state index contributed by atoms with van der Waals surface area (Å²) in [7, 11) is 0. The first-order valence-electron chi connectivity index (χ1n) is 10.4. The molecule has 3 amide bonds. The van der Waals surface area contributed by atoms with Gasteiger partial charge < -0.3 is 20.7 Å². The summed E-state index contributed by atoms with van der Waals surface area (Å²) in [5, 5.41) is 11.9. The topological polar surface area (TPSA) is 152 Å². The van der Waals surface area contributed by atoms with Gasteiger partial charge in [-0.3, -0.25) is 24.4 Å². The molecule has 35 heavy (non-hydrogen) atoms. The lowest BCUT2D eigenvalue weighted by atomic mass is 10.1. The largest absolute Gasteiger partial charge is 0.482 e. The fourth-order valence-electron chi connectivity index (χ4n) is 3.41. The molecule has 4 aromatic rings. The van der Waals surface area contributed by atoms with E-state index in [-0.39, 0.29) is 42.6 Å². The molecule has 0 atom stereocenters. The highest BCUT2D eigenvalue weighted by molar-refractivity contribution is 5.98. The molecular formula is C22H17FN8O4. The van der Waals surface area contributed by atoms with Crippen molar-refractivity contribution in [1.82, 2.24) is 35.2 Å². The Labute approximate surface area is 196 Å². The molecule has 4 heterocycles. The average Bonchev–Trinajstić information content (AvgIpc) is 3.26. The number of ether oxygens (including phenoxy) is 1. The van der Waals surface area contributed by atoms with Gasteiger partial charge in [0.2, 0.25) is 0 Å². The molecule has 12 nitrogen and oxygen atoms in total. The highest BCUT2D eigenvalue weighted by Gasteiger charge is 2.21. The van der Waals surface area contributed by atoms with Gasteiger partial charge in [0, 0.05) is 25.0 Å². The number of hydrogen-bond acceptors (Lipinski definition) is 8. The van der Waals surface area contributed by atoms with Crippen LogP contribution in [0.4, 0.5) is 10.1 Å². The molecule has 1 aliphatic rings. The molecule has 0 unspecified atom stereocenters. The van der Waals surface area contributed by atoms with Crippen molar-refractivity contribution >= 4 is 29.1 Å². The van der Waals surface area contributed by atoms with Crippen molar-refractivity contribution in [2.75, 3.05) is 11.9 Å². The third-order valence-corrected chi connectivity index (χ3v) is 5.07. The Morgan fingerprint density at radius 1 is 1.11 bits per heavy atom. The zero-order valence-corrected chi connectivity index (χ0v) is 18.0. The number of fused-ring (bicyclic) bond motifs is 2. The second-order valence-electron chi connectivity index (χ2n) is 7.48. The number of hydrogen-bond donors (Lipinski definition) is 3. The molecule has 0 bridgehead atoms. The first-order valence-corrected chi connectivity index (χ1v) is 10.4. The van der Waals surface area contributed by atoms with E-state index in [2.05, 4.69) is 36.0 Å². The van der Waals surface area contributed by atoms with E-state index < -0.39 is 17.6 Å². The second-order valence-corrected chi connectivity index (χ2v) is 7.48. The molecule has 0 saturated carbocycles. The molecule has 3 aromatic heterocycles. The lowest BCUT2D eigenvalue weighted by Crippen LogP contribution is -2.29. The number of anilines is 1. The van der Waals surface area contributed by atoms with Gasteiger partial charge in [-0.1, -0.05) is 6.07 Å². The van der Waals surface area contributed by atoms with Gasteiger partial charge in [-0.05, 0) is 17.7 Å². The minimum Gasteiger partial charge on any atom is -0.482 e. The van der Waals surface area contributed by atoms with Crippen LogP contribution in [0.2, 0.25) is 0 Å². The summed E-state index contributed by atoms with van der Waals surface area (Å²) in [6.45, 7) is 0.0994. The van der Waals surface area contributed by atoms with Crippen LogP contribution < -0.4 is 20.7 Å². The molecule has 0 radical (unpaired) electrons. The van der Waals surface area contributed by atoms with Gasteiger partial charge in [0.25, 0.3) is 17.7 Å². The average molecular weight is 476 g/mol. The molecule has 0 fully saturated rings. The third-order valence-electron chi connectivity index (χ3n) is 5.07. The molecule has 1 aromatic carbocycles. The van der Waals surface area contributed by atoms with Crippen LogP contribution in [0.3, 0.4) is 0 Å². The van der Waals surface area contributed by atoms with Crippen molar-refractivity contribution in [3.05, 3.63) is 77.5 Å². The molecule has 0 spiro atoms. The maximum atomic E-state index is 14.3. The van der Waals surface area contributed by atoms with E-state index in [9.17, 15) is 18.8 Å². The monoisotopic (exact) mass is 476 g/mol. The minimum absolute atomic E-state index is 0.0585. The zero-order chi connectivity index (χ0) is 24.4. The first kappa shape index (κ1) is 21.9. The van der Waals surface area contributed by atoms with E-state index in [1.807, 2.05) is 0 Å². The minimum atomic E-state index is -0.784. The summed E-state index contributed by atoms with van der Waals surface area (Å²) in [6.07, 6.45) is 5.39. The van der Waals surface area contributed by atoms with Crippen LogP contribution in [0.25, 0.3) is 5.65 Å². The number of rotatable bonds is 6. The predicted octanol–water partition coefficient (Wildman–Crippen LogP) is 0.849. The van der Waals surface area contributed by atoms with Gasteiger partial charge in [0.15, 0.2) is 18.1 Å². The Morgan fingerprint density at radius 2 is 1.97 bits per heavy atom. The number of nitrogens with one attached hydrogen (secondary N) is 3. The van der Waals surface area contributed by atoms with E-state index in [1.165, 1.54) is 24.7 Å². The normalized spacial score (nSPS) is 12.4. The Balaban J connectivity index is 1.34. The number of nitrogens with zero attached hydrogens (tertiary/aromatic N) is 5. The van der Waals surface area contributed by atoms with E-state index in [0.717, 1.165) is 10.7 Å². The van der Waals surface area contributed by atoms with Crippen molar-refractivity contribution < 1.29 is 23.5 Å². The Bertz CT molecular complexity index is 1460. The van der Waals surface area contributed by atoms with Crippen molar-refractivity contribution in [2.24, 2.45) is 0 Å². The number of benzene rings is 1. The Hall–Kier alpha value is -4.94. The Kier molecular flexibility index (Phi) is 5.71. The van der Waals surface area contributed by atoms with Crippen molar-refractivity contribution in [3.8, 4) is 5.75 Å². The number of carbonyl (C=O) groups excluding carboxylic acids is 3. The van der Waals surface area contributed by atoms with Crippen LogP contribution in [0, 0.1) is 5.82 Å². The lowest BCUT2D eigenvalue weighted by Gasteiger charge is -2.18. The summed E-state index contributed by atoms with van der Waals surface area (Å²) < 4.78 is 20.6. The molecule has 5 rings (SSSR count). The molecule has 1 aliphatic heterocycles. The van der Waals surface area contributed by atoms with Gasteiger partial charge >= 0.3 is 0 Å². The summed E-state index contributed by atoms with van der Waals surface area (Å²) >= 11 is 0. The molecule has 0 aliphatic carbocycles. The number of carbonyl (C=O) groups is 3. The summed E-state index contributed by atoms with van der Waals surface area (Å²) in [6, 6.07) is 6.31. The van der Waals surface area contributed by atoms with E-state index in [1.54, 1.807) is 18.2 Å². The highest BCUT2D eigenvalue weighted by atomic mass is 19.1. The highest BCUT2D eigenvalue weighted by Crippen LogP contribution is 2.28. The summed E-state index contributed by atoms with van der Waals surface area (Å²) in [5.41, 5.74) is 1.17. The van der Waals surface area contributed by atoms with Crippen molar-refractivity contribution in [2.45, 2.75) is 13.1 Å². The van der Waals surface area contributed by atoms with Crippen molar-refractivity contribution in [1.29, 1.82) is 0 Å². The van der Waals surface area contributed by atoms with E-state index in [0.29, 0.717) is 22.7 Å². The molecule has 0 saturated heterocycles. The fraction of sp³-hybridized carbons (Fsp3) is 0.136. The zero-order valence-electron chi connectivity index (χ0n) is 18.0. The standard InChI is InChI=1S/C22H17FN8O4/c23-14-10-28-31-17(22(34)27-9-13-8-24-3-4-25-13)6-16(30-20(14)31)21(33)26-7-12-1-2-18-15(5-12)29-19(32)11-35-18/h1-6,8,10H,7,9,11H2,(H,26,33)(H,27,34)(H,29,32). The molecular weight excluding hydrogens is 459 g/mol. The van der Waals surface area contributed by atoms with E-state index >= 15 is 0 Å². The van der Waals surface area contributed by atoms with Crippen LogP contribution in [-0.4, -0.2) is 48.9 Å². The SMILES string of the molecule is O=C1COc2ccc(CNC(=O)c3cc(C(=O)NCc4cnccn4)n4ncc(F)c4n3)cc2N1. The maximum absolute atomic E-state index is 14.3. The van der Waals surface area contributed by atoms with Crippen molar-refractivity contribution in [3.63, 3.8) is 0 Å². The molecule has 3 N–H and O–H groups in total. The lowest BCUT2D eigenvalue weighted by molar-refractivity contribution is -0.118. The van der Waals surface area contributed by atoms with Crippen LogP contribution in [0.5, 0.6) is 5.75 Å². The van der Waals surface area contributed by atoms with Gasteiger partial charge in [0.05, 0.1) is 30.3 Å². The number of amides is 3. The summed E-state index contributed by atoms with van der Waals surface area (Å²) in [4.78, 5) is 49.2. The van der Waals surface area contributed by atoms with Gasteiger partial charge in [-0.15, -0.1) is 0 Å². The number of halogens is 1. The smallest absolute Gasteiger partial charge is 0.270 e. The summed E-state index contributed by atoms with van der Waals surface area (Å²) in [5.74, 6) is -1.77. The van der Waals surface area contributed by atoms with E-state index in [4.69, 9.17) is 4.74 Å². The number of aromatic nitrogens is 5. The predicted molar refractivity (Wildman–Crippen MR) is 118 cm³/mol. The van der Waals surface area contributed by atoms with Crippen LogP contribution in [0.15, 0.2) is 49.1 Å². The van der Waals surface area contributed by atoms with Gasteiger partial charge in [0.1, 0.15) is 17.1 Å². The molecule has 176 valence electrons. The second kappa shape index (κ2) is 9.13. The maximum Gasteiger partial charge on any atom is 0.270 e. The Morgan fingerprint density at radius 3 is 2.80 bits per heavy atom. The molecule has 13 heteroatoms. The van der Waals surface area contributed by atoms with Crippen LogP contribution in [0.1, 0.15) is 32.2 Å².